The van der Waals surface area contributed by atoms with E-state index in [4.69, 9.17) is 0 Å². The number of aliphatic hydroxyl groups excluding tert-OH is 1. The van der Waals surface area contributed by atoms with Crippen LogP contribution in [0.15, 0.2) is 12.1 Å². The molecule has 7 heteroatoms. The average molecular weight is 302 g/mol. The predicted molar refractivity (Wildman–Crippen MR) is 75.4 cm³/mol. The van der Waals surface area contributed by atoms with Gasteiger partial charge >= 0.3 is 6.03 Å². The lowest BCUT2D eigenvalue weighted by Crippen LogP contribution is -2.47. The van der Waals surface area contributed by atoms with Crippen LogP contribution in [0, 0.1) is 17.0 Å². The van der Waals surface area contributed by atoms with Crippen LogP contribution in [0.4, 0.5) is 19.3 Å². The Morgan fingerprint density at radius 2 is 1.95 bits per heavy atom. The fraction of sp³-hybridized carbons (Fsp3) is 0.500. The highest BCUT2D eigenvalue weighted by Crippen LogP contribution is 2.25. The molecule has 0 bridgehead atoms. The maximum Gasteiger partial charge on any atom is 0.319 e. The second-order valence-corrected chi connectivity index (χ2v) is 5.67. The molecule has 0 saturated heterocycles. The number of anilines is 1. The highest BCUT2D eigenvalue weighted by molar-refractivity contribution is 5.89. The number of aliphatic hydroxyl groups is 1. The number of methoxy groups -OCH3 is 1. The molecule has 5 nitrogen and oxygen atoms in total. The summed E-state index contributed by atoms with van der Waals surface area (Å²) in [5.74, 6) is -1.86. The third-order valence-corrected chi connectivity index (χ3v) is 3.02. The molecule has 118 valence electrons. The van der Waals surface area contributed by atoms with E-state index in [1.807, 2.05) is 20.8 Å². The van der Waals surface area contributed by atoms with Crippen molar-refractivity contribution >= 4 is 11.7 Å². The number of hydrogen-bond donors (Lipinski definition) is 3. The van der Waals surface area contributed by atoms with Crippen molar-refractivity contribution in [2.45, 2.75) is 26.8 Å². The van der Waals surface area contributed by atoms with Crippen LogP contribution in [-0.2, 0) is 0 Å². The number of halogens is 2. The molecular formula is C14H20F2N2O3. The van der Waals surface area contributed by atoms with Gasteiger partial charge in [0, 0.05) is 12.1 Å². The third kappa shape index (κ3) is 4.56. The lowest BCUT2D eigenvalue weighted by atomic mass is 9.87. The molecule has 2 amide bonds. The molecule has 1 aromatic carbocycles. The summed E-state index contributed by atoms with van der Waals surface area (Å²) in [5.41, 5.74) is -0.688. The third-order valence-electron chi connectivity index (χ3n) is 3.02. The maximum absolute atomic E-state index is 13.7. The first-order valence-corrected chi connectivity index (χ1v) is 6.40. The van der Waals surface area contributed by atoms with Gasteiger partial charge in [-0.3, -0.25) is 0 Å². The molecule has 0 saturated carbocycles. The van der Waals surface area contributed by atoms with Crippen molar-refractivity contribution < 1.29 is 23.4 Å². The van der Waals surface area contributed by atoms with E-state index >= 15 is 0 Å². The monoisotopic (exact) mass is 302 g/mol. The molecular weight excluding hydrogens is 282 g/mol. The van der Waals surface area contributed by atoms with Crippen LogP contribution in [0.2, 0.25) is 0 Å². The van der Waals surface area contributed by atoms with Gasteiger partial charge in [0.05, 0.1) is 25.4 Å². The summed E-state index contributed by atoms with van der Waals surface area (Å²) in [7, 11) is 1.22. The van der Waals surface area contributed by atoms with E-state index in [9.17, 15) is 18.7 Å². The quantitative estimate of drug-likeness (QED) is 0.800. The Bertz CT molecular complexity index is 516. The number of carbonyl (C=O) groups excluding carboxylic acids is 1. The Balaban J connectivity index is 2.82. The van der Waals surface area contributed by atoms with E-state index in [1.165, 1.54) is 7.11 Å². The van der Waals surface area contributed by atoms with Crippen LogP contribution in [0.25, 0.3) is 0 Å². The Morgan fingerprint density at radius 3 is 2.43 bits per heavy atom. The first-order valence-electron chi connectivity index (χ1n) is 6.40. The van der Waals surface area contributed by atoms with Crippen molar-refractivity contribution in [3.63, 3.8) is 0 Å². The lowest BCUT2D eigenvalue weighted by molar-refractivity contribution is 0.162. The zero-order chi connectivity index (χ0) is 16.2. The Hall–Kier alpha value is -1.89. The second-order valence-electron chi connectivity index (χ2n) is 5.67. The molecule has 0 aromatic heterocycles. The Morgan fingerprint density at radius 1 is 1.33 bits per heavy atom. The summed E-state index contributed by atoms with van der Waals surface area (Å²) >= 11 is 0. The minimum atomic E-state index is -0.820. The number of carbonyl (C=O) groups is 1. The molecule has 1 atom stereocenters. The van der Waals surface area contributed by atoms with Crippen LogP contribution in [0.1, 0.15) is 20.8 Å². The zero-order valence-electron chi connectivity index (χ0n) is 12.5. The maximum atomic E-state index is 13.7. The second kappa shape index (κ2) is 6.71. The molecule has 1 aromatic rings. The van der Waals surface area contributed by atoms with Gasteiger partial charge in [-0.2, -0.15) is 0 Å². The summed E-state index contributed by atoms with van der Waals surface area (Å²) in [6, 6.07) is 0.424. The Labute approximate surface area is 122 Å². The molecule has 0 unspecified atom stereocenters. The van der Waals surface area contributed by atoms with Crippen LogP contribution in [-0.4, -0.2) is 30.9 Å². The molecule has 0 fully saturated rings. The number of ether oxygens (including phenoxy) is 1. The normalized spacial score (nSPS) is 12.7. The van der Waals surface area contributed by atoms with Crippen molar-refractivity contribution in [2.24, 2.45) is 5.41 Å². The van der Waals surface area contributed by atoms with Crippen molar-refractivity contribution in [3.8, 4) is 5.75 Å². The molecule has 0 heterocycles. The van der Waals surface area contributed by atoms with Crippen molar-refractivity contribution in [1.82, 2.24) is 5.32 Å². The summed E-state index contributed by atoms with van der Waals surface area (Å²) in [6.07, 6.45) is 0. The largest absolute Gasteiger partial charge is 0.494 e. The summed E-state index contributed by atoms with van der Waals surface area (Å²) in [4.78, 5) is 11.8. The van der Waals surface area contributed by atoms with Gasteiger partial charge in [0.2, 0.25) is 0 Å². The van der Waals surface area contributed by atoms with E-state index in [-0.39, 0.29) is 23.5 Å². The molecule has 0 aliphatic rings. The highest BCUT2D eigenvalue weighted by atomic mass is 19.1. The van der Waals surface area contributed by atoms with Crippen molar-refractivity contribution in [2.75, 3.05) is 19.0 Å². The molecule has 0 aliphatic heterocycles. The van der Waals surface area contributed by atoms with Gasteiger partial charge in [-0.05, 0) is 5.41 Å². The van der Waals surface area contributed by atoms with Crippen LogP contribution in [0.3, 0.4) is 0 Å². The molecule has 21 heavy (non-hydrogen) atoms. The van der Waals surface area contributed by atoms with E-state index in [2.05, 4.69) is 15.4 Å². The number of urea groups is 1. The predicted octanol–water partition coefficient (Wildman–Crippen LogP) is 2.50. The van der Waals surface area contributed by atoms with E-state index < -0.39 is 23.7 Å². The minimum absolute atomic E-state index is 0.249. The number of benzene rings is 1. The van der Waals surface area contributed by atoms with Gasteiger partial charge in [-0.25, -0.2) is 13.6 Å². The summed E-state index contributed by atoms with van der Waals surface area (Å²) in [5, 5.41) is 14.0. The first-order chi connectivity index (χ1) is 9.68. The average Bonchev–Trinajstić information content (AvgIpc) is 2.38. The standard InChI is InChI=1S/C14H20F2N2O3/c1-14(2,3)12(7-19)18-13(20)17-10-5-9(16)11(21-4)6-8(10)15/h5-6,12,19H,7H2,1-4H3,(H2,17,18,20)/t12-/m1/s1. The van der Waals surface area contributed by atoms with Gasteiger partial charge < -0.3 is 20.5 Å². The molecule has 0 spiro atoms. The fourth-order valence-electron chi connectivity index (χ4n) is 1.63. The fourth-order valence-corrected chi connectivity index (χ4v) is 1.63. The topological polar surface area (TPSA) is 70.6 Å². The summed E-state index contributed by atoms with van der Waals surface area (Å²) < 4.78 is 31.8. The first kappa shape index (κ1) is 17.2. The highest BCUT2D eigenvalue weighted by Gasteiger charge is 2.25. The van der Waals surface area contributed by atoms with Gasteiger partial charge in [0.25, 0.3) is 0 Å². The molecule has 3 N–H and O–H groups in total. The van der Waals surface area contributed by atoms with Gasteiger partial charge in [0.15, 0.2) is 17.4 Å². The number of amides is 2. The summed E-state index contributed by atoms with van der Waals surface area (Å²) in [6.45, 7) is 5.24. The lowest BCUT2D eigenvalue weighted by Gasteiger charge is -2.29. The van der Waals surface area contributed by atoms with Crippen LogP contribution in [0.5, 0.6) is 5.75 Å². The van der Waals surface area contributed by atoms with Gasteiger partial charge in [-0.1, -0.05) is 20.8 Å². The Kier molecular flexibility index (Phi) is 5.48. The van der Waals surface area contributed by atoms with E-state index in [0.29, 0.717) is 0 Å². The van der Waals surface area contributed by atoms with Crippen molar-refractivity contribution in [1.29, 1.82) is 0 Å². The molecule has 1 rings (SSSR count). The van der Waals surface area contributed by atoms with E-state index in [0.717, 1.165) is 12.1 Å². The molecule has 0 aliphatic carbocycles. The minimum Gasteiger partial charge on any atom is -0.494 e. The van der Waals surface area contributed by atoms with Crippen LogP contribution < -0.4 is 15.4 Å². The number of rotatable bonds is 4. The number of hydrogen-bond acceptors (Lipinski definition) is 3. The van der Waals surface area contributed by atoms with Crippen LogP contribution >= 0.6 is 0 Å². The van der Waals surface area contributed by atoms with Gasteiger partial charge in [-0.15, -0.1) is 0 Å². The molecule has 0 radical (unpaired) electrons. The number of nitrogens with one attached hydrogen (secondary N) is 2. The zero-order valence-corrected chi connectivity index (χ0v) is 12.5. The van der Waals surface area contributed by atoms with Gasteiger partial charge in [0.1, 0.15) is 0 Å². The smallest absolute Gasteiger partial charge is 0.319 e. The van der Waals surface area contributed by atoms with E-state index in [1.54, 1.807) is 0 Å². The SMILES string of the molecule is COc1cc(F)c(NC(=O)N[C@H](CO)C(C)(C)C)cc1F. The van der Waals surface area contributed by atoms with Crippen molar-refractivity contribution in [3.05, 3.63) is 23.8 Å².